The normalized spacial score (nSPS) is 19.4. The number of piperidine rings is 1. The van der Waals surface area contributed by atoms with E-state index in [2.05, 4.69) is 10.1 Å². The van der Waals surface area contributed by atoms with Gasteiger partial charge in [-0.25, -0.2) is 5.48 Å². The van der Waals surface area contributed by atoms with Gasteiger partial charge < -0.3 is 9.42 Å². The van der Waals surface area contributed by atoms with Crippen molar-refractivity contribution in [3.63, 3.8) is 0 Å². The standard InChI is InChI=1S/C20H32N4O4/c25-17(22-27)14-16(11-7-10-15-8-3-1-4-9-15)19-21-18(23-28-19)20(26)24-12-5-2-6-13-24/h15-16,27H,1-14H2,(H,22,25)/t16-/m0/s1. The van der Waals surface area contributed by atoms with Gasteiger partial charge in [-0.1, -0.05) is 50.1 Å². The lowest BCUT2D eigenvalue weighted by Gasteiger charge is -2.25. The molecule has 0 radical (unpaired) electrons. The Balaban J connectivity index is 1.59. The summed E-state index contributed by atoms with van der Waals surface area (Å²) in [6.45, 7) is 1.45. The largest absolute Gasteiger partial charge is 0.338 e. The highest BCUT2D eigenvalue weighted by Gasteiger charge is 2.27. The van der Waals surface area contributed by atoms with Gasteiger partial charge in [0.2, 0.25) is 11.8 Å². The molecule has 2 aliphatic rings. The summed E-state index contributed by atoms with van der Waals surface area (Å²) in [5.41, 5.74) is 1.68. The Kier molecular flexibility index (Phi) is 7.82. The fourth-order valence-electron chi connectivity index (χ4n) is 4.44. The van der Waals surface area contributed by atoms with E-state index >= 15 is 0 Å². The summed E-state index contributed by atoms with van der Waals surface area (Å²) in [5, 5.41) is 12.8. The first-order valence-corrected chi connectivity index (χ1v) is 10.7. The molecule has 0 aromatic carbocycles. The fourth-order valence-corrected chi connectivity index (χ4v) is 4.44. The second-order valence-electron chi connectivity index (χ2n) is 8.18. The van der Waals surface area contributed by atoms with Crippen molar-refractivity contribution in [2.45, 2.75) is 83.0 Å². The van der Waals surface area contributed by atoms with Gasteiger partial charge in [0.15, 0.2) is 0 Å². The molecule has 1 aliphatic heterocycles. The van der Waals surface area contributed by atoms with E-state index in [0.29, 0.717) is 5.89 Å². The minimum atomic E-state index is -0.482. The van der Waals surface area contributed by atoms with E-state index in [-0.39, 0.29) is 24.1 Å². The van der Waals surface area contributed by atoms with E-state index in [1.807, 2.05) is 0 Å². The van der Waals surface area contributed by atoms with Crippen molar-refractivity contribution in [1.82, 2.24) is 20.5 Å². The van der Waals surface area contributed by atoms with Crippen LogP contribution in [0.4, 0.5) is 0 Å². The maximum Gasteiger partial charge on any atom is 0.295 e. The first kappa shape index (κ1) is 20.8. The third kappa shape index (κ3) is 5.77. The number of hydrogen-bond donors (Lipinski definition) is 2. The van der Waals surface area contributed by atoms with Gasteiger partial charge >= 0.3 is 0 Å². The number of nitrogens with one attached hydrogen (secondary N) is 1. The molecule has 0 bridgehead atoms. The second-order valence-corrected chi connectivity index (χ2v) is 8.18. The minimum absolute atomic E-state index is 0.0681. The average molecular weight is 393 g/mol. The van der Waals surface area contributed by atoms with E-state index in [9.17, 15) is 9.59 Å². The van der Waals surface area contributed by atoms with Crippen LogP contribution in [0.1, 0.15) is 99.5 Å². The van der Waals surface area contributed by atoms with Crippen LogP contribution in [0.3, 0.4) is 0 Å². The lowest BCUT2D eigenvalue weighted by molar-refractivity contribution is -0.129. The Morgan fingerprint density at radius 2 is 1.86 bits per heavy atom. The highest BCUT2D eigenvalue weighted by Crippen LogP contribution is 2.31. The Morgan fingerprint density at radius 1 is 1.14 bits per heavy atom. The number of nitrogens with zero attached hydrogens (tertiary/aromatic N) is 3. The summed E-state index contributed by atoms with van der Waals surface area (Å²) in [5.74, 6) is 0.171. The van der Waals surface area contributed by atoms with E-state index in [1.165, 1.54) is 32.1 Å². The quantitative estimate of drug-likeness (QED) is 0.518. The maximum absolute atomic E-state index is 12.6. The van der Waals surface area contributed by atoms with Gasteiger partial charge in [0.1, 0.15) is 0 Å². The van der Waals surface area contributed by atoms with E-state index in [1.54, 1.807) is 10.4 Å². The molecule has 1 saturated heterocycles. The number of hydrogen-bond acceptors (Lipinski definition) is 6. The molecule has 1 saturated carbocycles. The second kappa shape index (κ2) is 10.5. The Morgan fingerprint density at radius 3 is 2.57 bits per heavy atom. The van der Waals surface area contributed by atoms with E-state index in [0.717, 1.165) is 57.5 Å². The molecule has 1 aromatic heterocycles. The lowest BCUT2D eigenvalue weighted by atomic mass is 9.84. The van der Waals surface area contributed by atoms with Gasteiger partial charge in [-0.3, -0.25) is 14.8 Å². The third-order valence-electron chi connectivity index (χ3n) is 6.07. The van der Waals surface area contributed by atoms with Crippen LogP contribution in [0.15, 0.2) is 4.52 Å². The molecule has 156 valence electrons. The zero-order chi connectivity index (χ0) is 19.8. The molecular weight excluding hydrogens is 360 g/mol. The van der Waals surface area contributed by atoms with Crippen molar-refractivity contribution in [2.24, 2.45) is 5.92 Å². The smallest absolute Gasteiger partial charge is 0.295 e. The zero-order valence-corrected chi connectivity index (χ0v) is 16.6. The van der Waals surface area contributed by atoms with E-state index < -0.39 is 5.91 Å². The van der Waals surface area contributed by atoms with E-state index in [4.69, 9.17) is 9.73 Å². The monoisotopic (exact) mass is 392 g/mol. The van der Waals surface area contributed by atoms with Crippen molar-refractivity contribution >= 4 is 11.8 Å². The Hall–Kier alpha value is -1.96. The van der Waals surface area contributed by atoms with Crippen LogP contribution in [0.5, 0.6) is 0 Å². The molecule has 8 nitrogen and oxygen atoms in total. The van der Waals surface area contributed by atoms with Crippen LogP contribution < -0.4 is 5.48 Å². The first-order chi connectivity index (χ1) is 13.7. The van der Waals surface area contributed by atoms with Crippen LogP contribution in [0, 0.1) is 5.92 Å². The minimum Gasteiger partial charge on any atom is -0.338 e. The number of carbonyl (C=O) groups is 2. The summed E-state index contributed by atoms with van der Waals surface area (Å²) in [4.78, 5) is 30.3. The molecule has 2 amide bonds. The molecule has 0 unspecified atom stereocenters. The number of carbonyl (C=O) groups excluding carboxylic acids is 2. The number of aromatic nitrogens is 2. The molecule has 3 rings (SSSR count). The van der Waals surface area contributed by atoms with Crippen LogP contribution >= 0.6 is 0 Å². The zero-order valence-electron chi connectivity index (χ0n) is 16.6. The van der Waals surface area contributed by atoms with Crippen molar-refractivity contribution in [3.05, 3.63) is 11.7 Å². The molecule has 8 heteroatoms. The Bertz CT molecular complexity index is 636. The van der Waals surface area contributed by atoms with Gasteiger partial charge in [-0.15, -0.1) is 0 Å². The summed E-state index contributed by atoms with van der Waals surface area (Å²) >= 11 is 0. The van der Waals surface area contributed by atoms with Crippen LogP contribution in [0.25, 0.3) is 0 Å². The van der Waals surface area contributed by atoms with Gasteiger partial charge in [0, 0.05) is 25.4 Å². The average Bonchev–Trinajstić information content (AvgIpc) is 3.24. The third-order valence-corrected chi connectivity index (χ3v) is 6.07. The Labute approximate surface area is 166 Å². The molecule has 0 spiro atoms. The topological polar surface area (TPSA) is 109 Å². The molecule has 1 aliphatic carbocycles. The molecule has 2 N–H and O–H groups in total. The highest BCUT2D eigenvalue weighted by molar-refractivity contribution is 5.90. The molecule has 1 aromatic rings. The molecule has 28 heavy (non-hydrogen) atoms. The van der Waals surface area contributed by atoms with Crippen LogP contribution in [0.2, 0.25) is 0 Å². The van der Waals surface area contributed by atoms with Gasteiger partial charge in [-0.05, 0) is 31.6 Å². The number of hydroxylamine groups is 1. The highest BCUT2D eigenvalue weighted by atomic mass is 16.5. The fraction of sp³-hybridized carbons (Fsp3) is 0.800. The first-order valence-electron chi connectivity index (χ1n) is 10.7. The molecular formula is C20H32N4O4. The summed E-state index contributed by atoms with van der Waals surface area (Å²) < 4.78 is 5.36. The number of amides is 2. The van der Waals surface area contributed by atoms with Crippen LogP contribution in [-0.4, -0.2) is 45.2 Å². The van der Waals surface area contributed by atoms with Crippen molar-refractivity contribution in [2.75, 3.05) is 13.1 Å². The molecule has 1 atom stereocenters. The summed E-state index contributed by atoms with van der Waals surface area (Å²) in [7, 11) is 0. The predicted molar refractivity (Wildman–Crippen MR) is 102 cm³/mol. The lowest BCUT2D eigenvalue weighted by Crippen LogP contribution is -2.36. The van der Waals surface area contributed by atoms with Crippen molar-refractivity contribution < 1.29 is 19.3 Å². The van der Waals surface area contributed by atoms with Gasteiger partial charge in [0.05, 0.1) is 0 Å². The van der Waals surface area contributed by atoms with Crippen LogP contribution in [-0.2, 0) is 4.79 Å². The summed E-state index contributed by atoms with van der Waals surface area (Å²) in [6.07, 6.45) is 12.6. The molecule has 2 fully saturated rings. The molecule has 2 heterocycles. The van der Waals surface area contributed by atoms with Crippen molar-refractivity contribution in [3.8, 4) is 0 Å². The predicted octanol–water partition coefficient (Wildman–Crippen LogP) is 3.43. The SMILES string of the molecule is O=C(C[C@H](CCCC1CCCCC1)c1nc(C(=O)N2CCCCC2)no1)NO. The maximum atomic E-state index is 12.6. The number of rotatable bonds is 8. The summed E-state index contributed by atoms with van der Waals surface area (Å²) in [6, 6.07) is 0. The van der Waals surface area contributed by atoms with Crippen molar-refractivity contribution in [1.29, 1.82) is 0 Å². The van der Waals surface area contributed by atoms with Gasteiger partial charge in [0.25, 0.3) is 11.7 Å². The number of likely N-dealkylation sites (tertiary alicyclic amines) is 1. The van der Waals surface area contributed by atoms with Gasteiger partial charge in [-0.2, -0.15) is 4.98 Å².